The van der Waals surface area contributed by atoms with Crippen LogP contribution >= 0.6 is 0 Å². The Bertz CT molecular complexity index is 948. The van der Waals surface area contributed by atoms with Crippen molar-refractivity contribution in [3.8, 4) is 0 Å². The number of hydrogen-bond acceptors (Lipinski definition) is 6. The summed E-state index contributed by atoms with van der Waals surface area (Å²) in [6, 6.07) is 6.79. The van der Waals surface area contributed by atoms with E-state index in [9.17, 15) is 8.42 Å². The minimum absolute atomic E-state index is 0.0399. The molecule has 23 heavy (non-hydrogen) atoms. The fraction of sp³-hybridized carbons (Fsp3) is 0.267. The van der Waals surface area contributed by atoms with Crippen LogP contribution in [0.15, 0.2) is 41.7 Å². The van der Waals surface area contributed by atoms with Crippen LogP contribution in [0, 0.1) is 0 Å². The summed E-state index contributed by atoms with van der Waals surface area (Å²) in [5, 5.41) is 8.34. The van der Waals surface area contributed by atoms with Gasteiger partial charge in [0.15, 0.2) is 15.5 Å². The van der Waals surface area contributed by atoms with Crippen LogP contribution in [0.3, 0.4) is 0 Å². The molecule has 0 saturated carbocycles. The van der Waals surface area contributed by atoms with Crippen molar-refractivity contribution >= 4 is 26.7 Å². The first-order valence-corrected chi connectivity index (χ1v) is 8.94. The highest BCUT2D eigenvalue weighted by Crippen LogP contribution is 2.24. The second-order valence-electron chi connectivity index (χ2n) is 5.43. The van der Waals surface area contributed by atoms with Gasteiger partial charge in [-0.2, -0.15) is 5.10 Å². The number of benzene rings is 1. The average molecular weight is 331 g/mol. The van der Waals surface area contributed by atoms with E-state index in [1.807, 2.05) is 14.0 Å². The molecule has 0 amide bonds. The maximum atomic E-state index is 11.5. The summed E-state index contributed by atoms with van der Waals surface area (Å²) < 4.78 is 24.7. The lowest BCUT2D eigenvalue weighted by atomic mass is 10.1. The smallest absolute Gasteiger partial charge is 0.175 e. The second kappa shape index (κ2) is 5.62. The maximum Gasteiger partial charge on any atom is 0.175 e. The Kier molecular flexibility index (Phi) is 3.77. The Morgan fingerprint density at radius 1 is 1.17 bits per heavy atom. The number of rotatable bonds is 4. The van der Waals surface area contributed by atoms with Gasteiger partial charge in [-0.1, -0.05) is 12.1 Å². The van der Waals surface area contributed by atoms with Crippen LogP contribution in [0.25, 0.3) is 11.0 Å². The molecule has 0 saturated heterocycles. The van der Waals surface area contributed by atoms with Gasteiger partial charge >= 0.3 is 0 Å². The highest BCUT2D eigenvalue weighted by atomic mass is 32.2. The highest BCUT2D eigenvalue weighted by molar-refractivity contribution is 7.90. The van der Waals surface area contributed by atoms with E-state index in [0.717, 1.165) is 16.6 Å². The summed E-state index contributed by atoms with van der Waals surface area (Å²) in [5.41, 5.74) is 1.72. The summed E-state index contributed by atoms with van der Waals surface area (Å²) in [7, 11) is -1.36. The largest absolute Gasteiger partial charge is 0.363 e. The van der Waals surface area contributed by atoms with Gasteiger partial charge in [0.2, 0.25) is 0 Å². The van der Waals surface area contributed by atoms with Crippen molar-refractivity contribution in [3.63, 3.8) is 0 Å². The Labute approximate surface area is 134 Å². The van der Waals surface area contributed by atoms with Gasteiger partial charge in [0.25, 0.3) is 0 Å². The Morgan fingerprint density at radius 3 is 2.52 bits per heavy atom. The number of fused-ring (bicyclic) bond motifs is 1. The highest BCUT2D eigenvalue weighted by Gasteiger charge is 2.13. The molecule has 1 N–H and O–H groups in total. The van der Waals surface area contributed by atoms with E-state index in [-0.39, 0.29) is 6.04 Å². The molecule has 3 aromatic rings. The monoisotopic (exact) mass is 331 g/mol. The van der Waals surface area contributed by atoms with Gasteiger partial charge in [0.1, 0.15) is 12.1 Å². The minimum atomic E-state index is -3.18. The zero-order valence-corrected chi connectivity index (χ0v) is 13.9. The van der Waals surface area contributed by atoms with Crippen molar-refractivity contribution in [2.45, 2.75) is 17.9 Å². The van der Waals surface area contributed by atoms with Crippen molar-refractivity contribution in [1.29, 1.82) is 0 Å². The van der Waals surface area contributed by atoms with Gasteiger partial charge in [-0.3, -0.25) is 4.68 Å². The van der Waals surface area contributed by atoms with E-state index < -0.39 is 9.84 Å². The first-order valence-electron chi connectivity index (χ1n) is 7.05. The lowest BCUT2D eigenvalue weighted by molar-refractivity contribution is 0.602. The van der Waals surface area contributed by atoms with Gasteiger partial charge < -0.3 is 5.32 Å². The standard InChI is InChI=1S/C15H17N5O2S/c1-10(11-4-6-12(7-5-11)23(3,21)22)19-14-13-8-18-20(2)15(13)17-9-16-14/h4-10H,1-3H3,(H,16,17,19). The zero-order chi connectivity index (χ0) is 16.6. The number of aromatic nitrogens is 4. The van der Waals surface area contributed by atoms with Crippen LogP contribution in [0.1, 0.15) is 18.5 Å². The quantitative estimate of drug-likeness (QED) is 0.786. The van der Waals surface area contributed by atoms with E-state index in [2.05, 4.69) is 20.4 Å². The molecule has 8 heteroatoms. The van der Waals surface area contributed by atoms with Crippen LogP contribution in [-0.4, -0.2) is 34.4 Å². The van der Waals surface area contributed by atoms with Gasteiger partial charge in [0, 0.05) is 19.3 Å². The van der Waals surface area contributed by atoms with Crippen molar-refractivity contribution in [2.75, 3.05) is 11.6 Å². The van der Waals surface area contributed by atoms with Crippen LogP contribution in [0.5, 0.6) is 0 Å². The van der Waals surface area contributed by atoms with Crippen LogP contribution in [0.4, 0.5) is 5.82 Å². The third-order valence-electron chi connectivity index (χ3n) is 3.69. The molecule has 120 valence electrons. The van der Waals surface area contributed by atoms with Crippen molar-refractivity contribution in [3.05, 3.63) is 42.4 Å². The molecule has 2 heterocycles. The number of nitrogens with zero attached hydrogens (tertiary/aromatic N) is 4. The van der Waals surface area contributed by atoms with Crippen LogP contribution < -0.4 is 5.32 Å². The van der Waals surface area contributed by atoms with Gasteiger partial charge in [-0.05, 0) is 24.6 Å². The van der Waals surface area contributed by atoms with Gasteiger partial charge in [0.05, 0.1) is 16.5 Å². The molecular weight excluding hydrogens is 314 g/mol. The predicted octanol–water partition coefficient (Wildman–Crippen LogP) is 1.94. The van der Waals surface area contributed by atoms with E-state index in [0.29, 0.717) is 10.7 Å². The molecule has 0 fully saturated rings. The molecule has 3 rings (SSSR count). The SMILES string of the molecule is CC(Nc1ncnc2c1cnn2C)c1ccc(S(C)(=O)=O)cc1. The molecule has 7 nitrogen and oxygen atoms in total. The Hall–Kier alpha value is -2.48. The first-order chi connectivity index (χ1) is 10.9. The third-order valence-corrected chi connectivity index (χ3v) is 4.82. The summed E-state index contributed by atoms with van der Waals surface area (Å²) >= 11 is 0. The predicted molar refractivity (Wildman–Crippen MR) is 87.9 cm³/mol. The number of sulfone groups is 1. The molecular formula is C15H17N5O2S. The fourth-order valence-electron chi connectivity index (χ4n) is 2.37. The summed E-state index contributed by atoms with van der Waals surface area (Å²) in [6.07, 6.45) is 4.41. The number of nitrogens with one attached hydrogen (secondary N) is 1. The average Bonchev–Trinajstić information content (AvgIpc) is 2.89. The second-order valence-corrected chi connectivity index (χ2v) is 7.45. The summed E-state index contributed by atoms with van der Waals surface area (Å²) in [5.74, 6) is 0.697. The summed E-state index contributed by atoms with van der Waals surface area (Å²) in [6.45, 7) is 1.99. The number of aryl methyl sites for hydroxylation is 1. The van der Waals surface area contributed by atoms with Gasteiger partial charge in [-0.25, -0.2) is 18.4 Å². The molecule has 0 radical (unpaired) electrons. The lowest BCUT2D eigenvalue weighted by Crippen LogP contribution is -2.09. The van der Waals surface area contributed by atoms with Crippen LogP contribution in [0.2, 0.25) is 0 Å². The molecule has 0 aliphatic heterocycles. The van der Waals surface area contributed by atoms with Crippen molar-refractivity contribution < 1.29 is 8.42 Å². The minimum Gasteiger partial charge on any atom is -0.363 e. The molecule has 1 unspecified atom stereocenters. The normalized spacial score (nSPS) is 13.2. The first kappa shape index (κ1) is 15.4. The van der Waals surface area contributed by atoms with E-state index in [4.69, 9.17) is 0 Å². The molecule has 1 aromatic carbocycles. The topological polar surface area (TPSA) is 89.8 Å². The van der Waals surface area contributed by atoms with E-state index in [1.54, 1.807) is 35.1 Å². The van der Waals surface area contributed by atoms with Crippen molar-refractivity contribution in [2.24, 2.45) is 7.05 Å². The number of anilines is 1. The molecule has 0 aliphatic carbocycles. The Morgan fingerprint density at radius 2 is 1.87 bits per heavy atom. The zero-order valence-electron chi connectivity index (χ0n) is 13.1. The third kappa shape index (κ3) is 3.02. The molecule has 0 bridgehead atoms. The lowest BCUT2D eigenvalue weighted by Gasteiger charge is -2.15. The van der Waals surface area contributed by atoms with Crippen molar-refractivity contribution in [1.82, 2.24) is 19.7 Å². The van der Waals surface area contributed by atoms with E-state index in [1.165, 1.54) is 12.6 Å². The fourth-order valence-corrected chi connectivity index (χ4v) is 3.00. The molecule has 2 aromatic heterocycles. The summed E-state index contributed by atoms with van der Waals surface area (Å²) in [4.78, 5) is 8.78. The van der Waals surface area contributed by atoms with E-state index >= 15 is 0 Å². The molecule has 1 atom stereocenters. The maximum absolute atomic E-state index is 11.5. The molecule has 0 spiro atoms. The molecule has 0 aliphatic rings. The number of hydrogen-bond donors (Lipinski definition) is 1. The van der Waals surface area contributed by atoms with Gasteiger partial charge in [-0.15, -0.1) is 0 Å². The Balaban J connectivity index is 1.87. The van der Waals surface area contributed by atoms with Crippen LogP contribution in [-0.2, 0) is 16.9 Å².